The average Bonchev–Trinajstić information content (AvgIpc) is 2.83. The minimum Gasteiger partial charge on any atom is -0.381 e. The molecule has 0 saturated heterocycles. The Morgan fingerprint density at radius 2 is 2.13 bits per heavy atom. The van der Waals surface area contributed by atoms with Gasteiger partial charge < -0.3 is 5.73 Å². The molecule has 0 radical (unpaired) electrons. The van der Waals surface area contributed by atoms with Gasteiger partial charge in [0.25, 0.3) is 0 Å². The first kappa shape index (κ1) is 8.37. The number of benzene rings is 1. The van der Waals surface area contributed by atoms with Gasteiger partial charge in [0.1, 0.15) is 10.6 Å². The summed E-state index contributed by atoms with van der Waals surface area (Å²) in [5.74, 6) is 0.428. The molecular formula is C9H7N5S. The number of nitrogens with two attached hydrogens (primary N) is 1. The van der Waals surface area contributed by atoms with Gasteiger partial charge in [-0.05, 0) is 17.6 Å². The first-order valence-electron chi connectivity index (χ1n) is 4.37. The third kappa shape index (κ3) is 1.18. The highest BCUT2D eigenvalue weighted by atomic mass is 32.1. The van der Waals surface area contributed by atoms with Crippen molar-refractivity contribution >= 4 is 28.3 Å². The Morgan fingerprint density at radius 3 is 2.93 bits per heavy atom. The average molecular weight is 217 g/mol. The number of nitrogens with zero attached hydrogens (tertiary/aromatic N) is 3. The number of anilines is 1. The minimum absolute atomic E-state index is 0.428. The third-order valence-corrected chi connectivity index (χ3v) is 2.95. The number of nitrogens with one attached hydrogen (secondary N) is 1. The second kappa shape index (κ2) is 3.03. The van der Waals surface area contributed by atoms with Gasteiger partial charge in [0.15, 0.2) is 5.82 Å². The molecule has 1 aromatic carbocycles. The number of rotatable bonds is 1. The standard InChI is InChI=1S/C9H7N5S/c10-9-8(15-14-13-9)7-5-3-1-2-4-6(5)11-12-7/h1-4H,10H2,(H,11,12). The molecule has 0 aliphatic heterocycles. The van der Waals surface area contributed by atoms with E-state index in [0.717, 1.165) is 21.5 Å². The number of nitrogen functional groups attached to an aromatic ring is 1. The van der Waals surface area contributed by atoms with Crippen LogP contribution in [0, 0.1) is 0 Å². The minimum atomic E-state index is 0.428. The first-order valence-corrected chi connectivity index (χ1v) is 5.15. The van der Waals surface area contributed by atoms with Crippen LogP contribution in [0.1, 0.15) is 0 Å². The van der Waals surface area contributed by atoms with Crippen molar-refractivity contribution < 1.29 is 0 Å². The summed E-state index contributed by atoms with van der Waals surface area (Å²) in [5.41, 5.74) is 7.51. The van der Waals surface area contributed by atoms with Gasteiger partial charge in [0.05, 0.1) is 5.52 Å². The normalized spacial score (nSPS) is 10.9. The van der Waals surface area contributed by atoms with Crippen molar-refractivity contribution in [2.45, 2.75) is 0 Å². The molecule has 2 aromatic heterocycles. The first-order chi connectivity index (χ1) is 7.36. The third-order valence-electron chi connectivity index (χ3n) is 2.20. The molecular weight excluding hydrogens is 210 g/mol. The number of H-pyrrole nitrogens is 1. The van der Waals surface area contributed by atoms with Gasteiger partial charge in [-0.15, -0.1) is 5.10 Å². The monoisotopic (exact) mass is 217 g/mol. The molecule has 0 atom stereocenters. The van der Waals surface area contributed by atoms with Crippen LogP contribution in [0.4, 0.5) is 5.82 Å². The number of para-hydroxylation sites is 1. The summed E-state index contributed by atoms with van der Waals surface area (Å²) in [6, 6.07) is 7.88. The maximum atomic E-state index is 5.71. The number of aromatic nitrogens is 4. The van der Waals surface area contributed by atoms with Crippen LogP contribution in [0.25, 0.3) is 21.5 Å². The lowest BCUT2D eigenvalue weighted by Gasteiger charge is -1.92. The summed E-state index contributed by atoms with van der Waals surface area (Å²) < 4.78 is 3.80. The molecule has 2 heterocycles. The van der Waals surface area contributed by atoms with Gasteiger partial charge in [0.2, 0.25) is 0 Å². The zero-order valence-corrected chi connectivity index (χ0v) is 8.45. The van der Waals surface area contributed by atoms with Gasteiger partial charge in [-0.3, -0.25) is 5.10 Å². The maximum absolute atomic E-state index is 5.71. The number of fused-ring (bicyclic) bond motifs is 1. The van der Waals surface area contributed by atoms with E-state index in [1.807, 2.05) is 24.3 Å². The van der Waals surface area contributed by atoms with Crippen molar-refractivity contribution in [3.63, 3.8) is 0 Å². The summed E-state index contributed by atoms with van der Waals surface area (Å²) in [6.07, 6.45) is 0. The van der Waals surface area contributed by atoms with Gasteiger partial charge in [0, 0.05) is 5.39 Å². The van der Waals surface area contributed by atoms with E-state index in [2.05, 4.69) is 19.8 Å². The van der Waals surface area contributed by atoms with Crippen LogP contribution < -0.4 is 5.73 Å². The van der Waals surface area contributed by atoms with Gasteiger partial charge >= 0.3 is 0 Å². The molecule has 0 aliphatic rings. The lowest BCUT2D eigenvalue weighted by Crippen LogP contribution is -1.87. The molecule has 3 N–H and O–H groups in total. The predicted molar refractivity (Wildman–Crippen MR) is 59.4 cm³/mol. The Labute approximate surface area is 89.1 Å². The summed E-state index contributed by atoms with van der Waals surface area (Å²) in [5, 5.41) is 12.0. The molecule has 3 rings (SSSR count). The predicted octanol–water partition coefficient (Wildman–Crippen LogP) is 1.66. The van der Waals surface area contributed by atoms with E-state index in [9.17, 15) is 0 Å². The highest BCUT2D eigenvalue weighted by molar-refractivity contribution is 7.10. The topological polar surface area (TPSA) is 80.5 Å². The molecule has 5 nitrogen and oxygen atoms in total. The smallest absolute Gasteiger partial charge is 0.168 e. The summed E-state index contributed by atoms with van der Waals surface area (Å²) >= 11 is 1.25. The van der Waals surface area contributed by atoms with E-state index in [-0.39, 0.29) is 0 Å². The molecule has 74 valence electrons. The van der Waals surface area contributed by atoms with Crippen LogP contribution in [0.3, 0.4) is 0 Å². The second-order valence-corrected chi connectivity index (χ2v) is 3.86. The van der Waals surface area contributed by atoms with Crippen molar-refractivity contribution in [1.82, 2.24) is 19.8 Å². The van der Waals surface area contributed by atoms with Crippen molar-refractivity contribution in [1.29, 1.82) is 0 Å². The summed E-state index contributed by atoms with van der Waals surface area (Å²) in [6.45, 7) is 0. The van der Waals surface area contributed by atoms with Crippen LogP contribution in [-0.4, -0.2) is 19.8 Å². The zero-order chi connectivity index (χ0) is 10.3. The quantitative estimate of drug-likeness (QED) is 0.649. The van der Waals surface area contributed by atoms with Crippen LogP contribution in [0.15, 0.2) is 24.3 Å². The molecule has 0 saturated carbocycles. The van der Waals surface area contributed by atoms with E-state index in [1.165, 1.54) is 11.5 Å². The van der Waals surface area contributed by atoms with E-state index in [1.54, 1.807) is 0 Å². The molecule has 3 aromatic rings. The van der Waals surface area contributed by atoms with Gasteiger partial charge in [-0.25, -0.2) is 0 Å². The fourth-order valence-electron chi connectivity index (χ4n) is 1.50. The Balaban J connectivity index is 2.32. The van der Waals surface area contributed by atoms with Crippen LogP contribution >= 0.6 is 11.5 Å². The van der Waals surface area contributed by atoms with Crippen LogP contribution in [-0.2, 0) is 0 Å². The molecule has 6 heteroatoms. The molecule has 0 bridgehead atoms. The highest BCUT2D eigenvalue weighted by Crippen LogP contribution is 2.31. The molecule has 0 unspecified atom stereocenters. The second-order valence-electron chi connectivity index (χ2n) is 3.11. The van der Waals surface area contributed by atoms with Crippen molar-refractivity contribution in [2.75, 3.05) is 5.73 Å². The molecule has 0 spiro atoms. The largest absolute Gasteiger partial charge is 0.381 e. The fraction of sp³-hybridized carbons (Fsp3) is 0. The summed E-state index contributed by atoms with van der Waals surface area (Å²) in [4.78, 5) is 0.812. The fourth-order valence-corrected chi connectivity index (χ4v) is 2.09. The van der Waals surface area contributed by atoms with Crippen molar-refractivity contribution in [3.8, 4) is 10.6 Å². The van der Waals surface area contributed by atoms with Crippen molar-refractivity contribution in [2.24, 2.45) is 0 Å². The maximum Gasteiger partial charge on any atom is 0.168 e. The highest BCUT2D eigenvalue weighted by Gasteiger charge is 2.13. The molecule has 15 heavy (non-hydrogen) atoms. The number of hydrogen-bond donors (Lipinski definition) is 2. The Hall–Kier alpha value is -1.95. The number of aromatic amines is 1. The summed E-state index contributed by atoms with van der Waals surface area (Å²) in [7, 11) is 0. The Bertz CT molecular complexity index is 612. The van der Waals surface area contributed by atoms with Crippen molar-refractivity contribution in [3.05, 3.63) is 24.3 Å². The molecule has 0 fully saturated rings. The van der Waals surface area contributed by atoms with Gasteiger partial charge in [-0.1, -0.05) is 22.7 Å². The van der Waals surface area contributed by atoms with Crippen LogP contribution in [0.5, 0.6) is 0 Å². The lowest BCUT2D eigenvalue weighted by atomic mass is 10.2. The van der Waals surface area contributed by atoms with E-state index in [0.29, 0.717) is 5.82 Å². The SMILES string of the molecule is Nc1nnsc1-c1n[nH]c2ccccc12. The van der Waals surface area contributed by atoms with E-state index < -0.39 is 0 Å². The lowest BCUT2D eigenvalue weighted by molar-refractivity contribution is 1.12. The zero-order valence-electron chi connectivity index (χ0n) is 7.64. The Kier molecular flexibility index (Phi) is 1.69. The van der Waals surface area contributed by atoms with E-state index >= 15 is 0 Å². The Morgan fingerprint density at radius 1 is 1.27 bits per heavy atom. The van der Waals surface area contributed by atoms with Gasteiger partial charge in [-0.2, -0.15) is 5.10 Å². The molecule has 0 amide bonds. The number of hydrogen-bond acceptors (Lipinski definition) is 5. The van der Waals surface area contributed by atoms with E-state index in [4.69, 9.17) is 5.73 Å². The molecule has 0 aliphatic carbocycles. The van der Waals surface area contributed by atoms with Crippen LogP contribution in [0.2, 0.25) is 0 Å².